The molecule has 1 atom stereocenters. The van der Waals surface area contributed by atoms with Gasteiger partial charge in [0.2, 0.25) is 5.91 Å². The number of amides is 1. The maximum absolute atomic E-state index is 13.9. The van der Waals surface area contributed by atoms with E-state index in [4.69, 9.17) is 0 Å². The minimum absolute atomic E-state index is 0.0634. The topological polar surface area (TPSA) is 108 Å². The van der Waals surface area contributed by atoms with Crippen LogP contribution >= 0.6 is 0 Å². The molecule has 0 saturated heterocycles. The second kappa shape index (κ2) is 8.77. The lowest BCUT2D eigenvalue weighted by Crippen LogP contribution is -2.13. The van der Waals surface area contributed by atoms with E-state index in [-0.39, 0.29) is 17.9 Å². The maximum atomic E-state index is 13.9. The van der Waals surface area contributed by atoms with Gasteiger partial charge in [-0.15, -0.1) is 0 Å². The SMILES string of the molecule is CCC(=O)Nc1cncc(-c2ccc3n[nH]c(C4Nc5cncc(-c6cccc(F)c6)c5N4)c3c2)c1. The molecule has 0 saturated carbocycles. The molecule has 9 heteroatoms. The van der Waals surface area contributed by atoms with E-state index in [0.717, 1.165) is 50.2 Å². The van der Waals surface area contributed by atoms with Gasteiger partial charge in [-0.05, 0) is 41.5 Å². The number of aromatic amines is 1. The van der Waals surface area contributed by atoms with Crippen molar-refractivity contribution in [2.45, 2.75) is 19.5 Å². The lowest BCUT2D eigenvalue weighted by atomic mass is 10.0. The molecule has 6 rings (SSSR count). The maximum Gasteiger partial charge on any atom is 0.224 e. The van der Waals surface area contributed by atoms with Gasteiger partial charge in [0.15, 0.2) is 0 Å². The Bertz CT molecular complexity index is 1610. The third-order valence-electron chi connectivity index (χ3n) is 6.22. The molecule has 4 N–H and O–H groups in total. The van der Waals surface area contributed by atoms with Crippen LogP contribution in [-0.2, 0) is 4.79 Å². The van der Waals surface area contributed by atoms with Crippen molar-refractivity contribution in [3.63, 3.8) is 0 Å². The molecular weight excluding hydrogens is 457 g/mol. The van der Waals surface area contributed by atoms with Crippen LogP contribution in [-0.4, -0.2) is 26.1 Å². The Balaban J connectivity index is 1.34. The van der Waals surface area contributed by atoms with Crippen molar-refractivity contribution in [1.29, 1.82) is 0 Å². The highest BCUT2D eigenvalue weighted by atomic mass is 19.1. The zero-order chi connectivity index (χ0) is 24.6. The van der Waals surface area contributed by atoms with Crippen LogP contribution in [0.1, 0.15) is 25.2 Å². The predicted molar refractivity (Wildman–Crippen MR) is 138 cm³/mol. The van der Waals surface area contributed by atoms with Gasteiger partial charge >= 0.3 is 0 Å². The molecule has 2 aromatic carbocycles. The van der Waals surface area contributed by atoms with Gasteiger partial charge in [0.25, 0.3) is 0 Å². The summed E-state index contributed by atoms with van der Waals surface area (Å²) in [5, 5.41) is 18.4. The summed E-state index contributed by atoms with van der Waals surface area (Å²) >= 11 is 0. The van der Waals surface area contributed by atoms with Crippen LogP contribution in [0.4, 0.5) is 21.5 Å². The molecule has 178 valence electrons. The zero-order valence-electron chi connectivity index (χ0n) is 19.3. The van der Waals surface area contributed by atoms with Crippen LogP contribution in [0.5, 0.6) is 0 Å². The minimum atomic E-state index is -0.299. The van der Waals surface area contributed by atoms with Gasteiger partial charge in [-0.25, -0.2) is 4.39 Å². The van der Waals surface area contributed by atoms with E-state index in [1.165, 1.54) is 12.1 Å². The smallest absolute Gasteiger partial charge is 0.224 e. The van der Waals surface area contributed by atoms with Gasteiger partial charge in [-0.1, -0.05) is 25.1 Å². The number of anilines is 3. The average Bonchev–Trinajstić information content (AvgIpc) is 3.52. The summed E-state index contributed by atoms with van der Waals surface area (Å²) in [5.74, 6) is -0.362. The molecule has 0 spiro atoms. The molecule has 4 heterocycles. The predicted octanol–water partition coefficient (Wildman–Crippen LogP) is 5.71. The molecule has 5 aromatic rings. The summed E-state index contributed by atoms with van der Waals surface area (Å²) in [6.07, 6.45) is 6.98. The van der Waals surface area contributed by atoms with E-state index in [1.807, 2.05) is 31.2 Å². The molecule has 1 unspecified atom stereocenters. The molecule has 1 aliphatic rings. The lowest BCUT2D eigenvalue weighted by Gasteiger charge is -2.12. The first-order valence-electron chi connectivity index (χ1n) is 11.6. The van der Waals surface area contributed by atoms with Crippen molar-refractivity contribution >= 4 is 33.9 Å². The molecule has 0 radical (unpaired) electrons. The number of benzene rings is 2. The summed E-state index contributed by atoms with van der Waals surface area (Å²) in [4.78, 5) is 20.4. The molecule has 0 fully saturated rings. The number of hydrogen-bond donors (Lipinski definition) is 4. The summed E-state index contributed by atoms with van der Waals surface area (Å²) in [7, 11) is 0. The number of aromatic nitrogens is 4. The van der Waals surface area contributed by atoms with E-state index in [2.05, 4.69) is 42.2 Å². The quantitative estimate of drug-likeness (QED) is 0.257. The lowest BCUT2D eigenvalue weighted by molar-refractivity contribution is -0.115. The highest BCUT2D eigenvalue weighted by Gasteiger charge is 2.27. The first kappa shape index (κ1) is 21.7. The monoisotopic (exact) mass is 479 g/mol. The van der Waals surface area contributed by atoms with Gasteiger partial charge in [0.1, 0.15) is 12.0 Å². The second-order valence-corrected chi connectivity index (χ2v) is 8.57. The number of pyridine rings is 2. The molecule has 8 nitrogen and oxygen atoms in total. The van der Waals surface area contributed by atoms with E-state index in [0.29, 0.717) is 12.1 Å². The molecule has 36 heavy (non-hydrogen) atoms. The van der Waals surface area contributed by atoms with Crippen LogP contribution in [0.3, 0.4) is 0 Å². The molecule has 0 bridgehead atoms. The van der Waals surface area contributed by atoms with Crippen LogP contribution in [0.2, 0.25) is 0 Å². The van der Waals surface area contributed by atoms with Crippen molar-refractivity contribution in [2.24, 2.45) is 0 Å². The fourth-order valence-corrected chi connectivity index (χ4v) is 4.43. The van der Waals surface area contributed by atoms with E-state index < -0.39 is 0 Å². The van der Waals surface area contributed by atoms with E-state index in [9.17, 15) is 9.18 Å². The number of carbonyl (C=O) groups excluding carboxylic acids is 1. The second-order valence-electron chi connectivity index (χ2n) is 8.57. The first-order valence-corrected chi connectivity index (χ1v) is 11.6. The summed E-state index contributed by atoms with van der Waals surface area (Å²) in [6, 6.07) is 14.3. The van der Waals surface area contributed by atoms with Crippen molar-refractivity contribution in [3.8, 4) is 22.3 Å². The summed E-state index contributed by atoms with van der Waals surface area (Å²) in [5.41, 5.74) is 7.38. The third kappa shape index (κ3) is 3.90. The normalized spacial score (nSPS) is 14.2. The van der Waals surface area contributed by atoms with Crippen molar-refractivity contribution in [2.75, 3.05) is 16.0 Å². The fraction of sp³-hybridized carbons (Fsp3) is 0.111. The van der Waals surface area contributed by atoms with Gasteiger partial charge < -0.3 is 16.0 Å². The number of halogens is 1. The largest absolute Gasteiger partial charge is 0.358 e. The van der Waals surface area contributed by atoms with Gasteiger partial charge in [-0.2, -0.15) is 5.10 Å². The van der Waals surface area contributed by atoms with Gasteiger partial charge in [0.05, 0.1) is 40.7 Å². The van der Waals surface area contributed by atoms with Crippen LogP contribution in [0.15, 0.2) is 73.3 Å². The third-order valence-corrected chi connectivity index (χ3v) is 6.22. The molecular formula is C27H22FN7O. The fourth-order valence-electron chi connectivity index (χ4n) is 4.43. The standard InChI is InChI=1S/C27H22FN7O/c1-2-24(36)31-19-9-17(11-29-12-19)15-6-7-22-20(10-15)26(35-34-22)27-32-23-14-30-13-21(25(23)33-27)16-4-3-5-18(28)8-16/h3-14,27,32-33H,2H2,1H3,(H,31,36)(H,34,35). The number of nitrogens with zero attached hydrogens (tertiary/aromatic N) is 3. The van der Waals surface area contributed by atoms with E-state index >= 15 is 0 Å². The average molecular weight is 480 g/mol. The van der Waals surface area contributed by atoms with Crippen molar-refractivity contribution in [1.82, 2.24) is 20.2 Å². The van der Waals surface area contributed by atoms with Crippen LogP contribution in [0.25, 0.3) is 33.2 Å². The number of hydrogen-bond acceptors (Lipinski definition) is 6. The van der Waals surface area contributed by atoms with Crippen LogP contribution < -0.4 is 16.0 Å². The van der Waals surface area contributed by atoms with Crippen LogP contribution in [0, 0.1) is 5.82 Å². The minimum Gasteiger partial charge on any atom is -0.358 e. The van der Waals surface area contributed by atoms with Crippen molar-refractivity contribution < 1.29 is 9.18 Å². The Kier molecular flexibility index (Phi) is 5.29. The van der Waals surface area contributed by atoms with Crippen molar-refractivity contribution in [3.05, 3.63) is 84.8 Å². The number of fused-ring (bicyclic) bond motifs is 2. The Labute approximate surface area is 206 Å². The highest BCUT2D eigenvalue weighted by Crippen LogP contribution is 2.42. The molecule has 1 amide bonds. The summed E-state index contributed by atoms with van der Waals surface area (Å²) < 4.78 is 13.9. The van der Waals surface area contributed by atoms with Gasteiger partial charge in [-0.3, -0.25) is 19.9 Å². The summed E-state index contributed by atoms with van der Waals surface area (Å²) in [6.45, 7) is 1.81. The van der Waals surface area contributed by atoms with E-state index in [1.54, 1.807) is 30.9 Å². The van der Waals surface area contributed by atoms with Gasteiger partial charge in [0, 0.05) is 35.3 Å². The first-order chi connectivity index (χ1) is 17.6. The molecule has 3 aromatic heterocycles. The number of H-pyrrole nitrogens is 1. The Morgan fingerprint density at radius 2 is 1.86 bits per heavy atom. The molecule has 0 aliphatic carbocycles. The number of rotatable bonds is 5. The Morgan fingerprint density at radius 1 is 0.972 bits per heavy atom. The molecule has 1 aliphatic heterocycles. The Hall–Kier alpha value is -4.79. The zero-order valence-corrected chi connectivity index (χ0v) is 19.3. The number of carbonyl (C=O) groups is 1. The highest BCUT2D eigenvalue weighted by molar-refractivity contribution is 5.93. The number of nitrogens with one attached hydrogen (secondary N) is 4. The Morgan fingerprint density at radius 3 is 2.72 bits per heavy atom.